The first-order chi connectivity index (χ1) is 15.7. The lowest BCUT2D eigenvalue weighted by Crippen LogP contribution is -2.75. The maximum Gasteiger partial charge on any atom is 0.393 e. The fourth-order valence-electron chi connectivity index (χ4n) is 2.19. The van der Waals surface area contributed by atoms with Gasteiger partial charge in [0.1, 0.15) is 5.75 Å². The summed E-state index contributed by atoms with van der Waals surface area (Å²) < 4.78 is 219. The van der Waals surface area contributed by atoms with Gasteiger partial charge in [0.15, 0.2) is 0 Å². The van der Waals surface area contributed by atoms with Gasteiger partial charge < -0.3 is 10.1 Å². The molecule has 0 unspecified atom stereocenters. The summed E-state index contributed by atoms with van der Waals surface area (Å²) in [5, 5.41) is -6.06. The number of carbonyl (C=O) groups is 1. The quantitative estimate of drug-likeness (QED) is 0.239. The summed E-state index contributed by atoms with van der Waals surface area (Å²) in [6, 6.07) is 2.90. The predicted octanol–water partition coefficient (Wildman–Crippen LogP) is 6.91. The standard InChI is InChI=1S/C16H8ClF16NO2/c1-36-7-4-2-6(3-5-7)34-8(35)9(18,19)10(20,21)11(22,23)12(24,25)13(26,27)14(28,29)15(30,31)16(17,32)33/h2-5H,1H3,(H,34,35). The molecule has 208 valence electrons. The van der Waals surface area contributed by atoms with E-state index < -0.39 is 58.4 Å². The molecular formula is C16H8ClF16NO2. The molecule has 0 heterocycles. The van der Waals surface area contributed by atoms with Crippen LogP contribution in [0.4, 0.5) is 75.9 Å². The second-order valence-corrected chi connectivity index (χ2v) is 7.18. The zero-order valence-electron chi connectivity index (χ0n) is 16.6. The predicted molar refractivity (Wildman–Crippen MR) is 87.1 cm³/mol. The second kappa shape index (κ2) is 8.90. The first-order valence-corrected chi connectivity index (χ1v) is 8.73. The maximum absolute atomic E-state index is 13.8. The number of halogens is 17. The third-order valence-corrected chi connectivity index (χ3v) is 4.59. The van der Waals surface area contributed by atoms with Crippen molar-refractivity contribution in [3.05, 3.63) is 24.3 Å². The van der Waals surface area contributed by atoms with E-state index in [1.54, 1.807) is 0 Å². The molecule has 1 aromatic carbocycles. The van der Waals surface area contributed by atoms with Gasteiger partial charge in [0.05, 0.1) is 7.11 Å². The number of methoxy groups -OCH3 is 1. The molecule has 0 spiro atoms. The molecule has 1 rings (SSSR count). The van der Waals surface area contributed by atoms with Crippen LogP contribution in [-0.2, 0) is 4.79 Å². The number of hydrogen-bond donors (Lipinski definition) is 1. The van der Waals surface area contributed by atoms with Gasteiger partial charge in [-0.05, 0) is 35.9 Å². The van der Waals surface area contributed by atoms with Crippen LogP contribution in [0.1, 0.15) is 0 Å². The van der Waals surface area contributed by atoms with Gasteiger partial charge in [0, 0.05) is 5.69 Å². The van der Waals surface area contributed by atoms with E-state index in [4.69, 9.17) is 0 Å². The zero-order valence-corrected chi connectivity index (χ0v) is 17.3. The van der Waals surface area contributed by atoms with Crippen molar-refractivity contribution in [3.8, 4) is 5.75 Å². The van der Waals surface area contributed by atoms with E-state index in [0.717, 1.165) is 24.6 Å². The number of carbonyl (C=O) groups excluding carboxylic acids is 1. The Labute approximate surface area is 193 Å². The van der Waals surface area contributed by atoms with Crippen molar-refractivity contribution in [2.24, 2.45) is 0 Å². The molecule has 20 heteroatoms. The van der Waals surface area contributed by atoms with E-state index in [9.17, 15) is 75.0 Å². The monoisotopic (exact) mass is 585 g/mol. The Hall–Kier alpha value is -2.34. The van der Waals surface area contributed by atoms with Crippen molar-refractivity contribution in [1.82, 2.24) is 0 Å². The van der Waals surface area contributed by atoms with Gasteiger partial charge in [-0.2, -0.15) is 70.2 Å². The van der Waals surface area contributed by atoms with Crippen molar-refractivity contribution in [2.45, 2.75) is 46.8 Å². The average Bonchev–Trinajstić information content (AvgIpc) is 2.72. The number of hydrogen-bond acceptors (Lipinski definition) is 2. The summed E-state index contributed by atoms with van der Waals surface area (Å²) in [5.74, 6) is -60.7. The maximum atomic E-state index is 13.8. The van der Waals surface area contributed by atoms with Crippen LogP contribution in [0.5, 0.6) is 5.75 Å². The Kier molecular flexibility index (Phi) is 7.83. The number of alkyl halides is 17. The number of anilines is 1. The van der Waals surface area contributed by atoms with Crippen molar-refractivity contribution in [1.29, 1.82) is 0 Å². The molecule has 0 aromatic heterocycles. The molecular weight excluding hydrogens is 578 g/mol. The summed E-state index contributed by atoms with van der Waals surface area (Å²) in [4.78, 5) is 11.4. The van der Waals surface area contributed by atoms with Gasteiger partial charge in [-0.25, -0.2) is 0 Å². The first-order valence-electron chi connectivity index (χ1n) is 8.35. The highest BCUT2D eigenvalue weighted by Gasteiger charge is 2.95. The molecule has 0 fully saturated rings. The molecule has 1 amide bonds. The molecule has 0 bridgehead atoms. The van der Waals surface area contributed by atoms with Gasteiger partial charge in [-0.15, -0.1) is 0 Å². The Bertz CT molecular complexity index is 958. The highest BCUT2D eigenvalue weighted by molar-refractivity contribution is 6.22. The summed E-state index contributed by atoms with van der Waals surface area (Å²) in [6.45, 7) is 0. The molecule has 0 atom stereocenters. The molecule has 1 N–H and O–H groups in total. The second-order valence-electron chi connectivity index (χ2n) is 6.70. The van der Waals surface area contributed by atoms with E-state index in [2.05, 4.69) is 16.3 Å². The summed E-state index contributed by atoms with van der Waals surface area (Å²) >= 11 is 3.42. The molecule has 1 aromatic rings. The molecule has 0 aliphatic heterocycles. The van der Waals surface area contributed by atoms with E-state index in [1.807, 2.05) is 0 Å². The van der Waals surface area contributed by atoms with Crippen molar-refractivity contribution >= 4 is 23.2 Å². The molecule has 0 radical (unpaired) electrons. The highest BCUT2D eigenvalue weighted by atomic mass is 35.5. The molecule has 0 saturated heterocycles. The van der Waals surface area contributed by atoms with Crippen molar-refractivity contribution in [3.63, 3.8) is 0 Å². The van der Waals surface area contributed by atoms with Crippen LogP contribution in [-0.4, -0.2) is 59.9 Å². The lowest BCUT2D eigenvalue weighted by atomic mass is 9.89. The highest BCUT2D eigenvalue weighted by Crippen LogP contribution is 2.64. The fourth-order valence-corrected chi connectivity index (χ4v) is 2.31. The Morgan fingerprint density at radius 1 is 0.639 bits per heavy atom. The minimum Gasteiger partial charge on any atom is -0.497 e. The molecule has 0 aliphatic rings. The number of nitrogens with one attached hydrogen (secondary N) is 1. The fraction of sp³-hybridized carbons (Fsp3) is 0.562. The molecule has 0 saturated carbocycles. The minimum atomic E-state index is -8.64. The van der Waals surface area contributed by atoms with Gasteiger partial charge in [0.25, 0.3) is 0 Å². The number of ether oxygens (including phenoxy) is 1. The summed E-state index contributed by atoms with van der Waals surface area (Å²) in [5.41, 5.74) is -0.924. The largest absolute Gasteiger partial charge is 0.497 e. The Morgan fingerprint density at radius 2 is 0.972 bits per heavy atom. The van der Waals surface area contributed by atoms with Crippen LogP contribution >= 0.6 is 11.6 Å². The lowest BCUT2D eigenvalue weighted by molar-refractivity contribution is -0.445. The van der Waals surface area contributed by atoms with E-state index >= 15 is 0 Å². The smallest absolute Gasteiger partial charge is 0.393 e. The minimum absolute atomic E-state index is 0.0567. The molecule has 3 nitrogen and oxygen atoms in total. The van der Waals surface area contributed by atoms with Gasteiger partial charge in [-0.1, -0.05) is 0 Å². The van der Waals surface area contributed by atoms with E-state index in [1.165, 1.54) is 0 Å². The van der Waals surface area contributed by atoms with Crippen molar-refractivity contribution < 1.29 is 79.8 Å². The van der Waals surface area contributed by atoms with Gasteiger partial charge in [0.2, 0.25) is 0 Å². The van der Waals surface area contributed by atoms with Crippen LogP contribution in [0.15, 0.2) is 24.3 Å². The third-order valence-electron chi connectivity index (χ3n) is 4.36. The number of amides is 1. The van der Waals surface area contributed by atoms with Gasteiger partial charge in [-0.3, -0.25) is 4.79 Å². The van der Waals surface area contributed by atoms with Crippen LogP contribution < -0.4 is 10.1 Å². The summed E-state index contributed by atoms with van der Waals surface area (Å²) in [7, 11) is 1.06. The van der Waals surface area contributed by atoms with E-state index in [-0.39, 0.29) is 5.75 Å². The molecule has 36 heavy (non-hydrogen) atoms. The van der Waals surface area contributed by atoms with E-state index in [0.29, 0.717) is 12.1 Å². The lowest BCUT2D eigenvalue weighted by Gasteiger charge is -2.42. The number of benzene rings is 1. The molecule has 0 aliphatic carbocycles. The van der Waals surface area contributed by atoms with Gasteiger partial charge >= 0.3 is 52.7 Å². The first kappa shape index (κ1) is 31.7. The Morgan fingerprint density at radius 3 is 1.31 bits per heavy atom. The van der Waals surface area contributed by atoms with Crippen molar-refractivity contribution in [2.75, 3.05) is 12.4 Å². The Balaban J connectivity index is 3.53. The average molecular weight is 586 g/mol. The zero-order chi connectivity index (χ0) is 29.0. The topological polar surface area (TPSA) is 38.3 Å². The van der Waals surface area contributed by atoms with Crippen LogP contribution in [0.25, 0.3) is 0 Å². The SMILES string of the molecule is COc1ccc(NC(=O)C(F)(F)C(F)(F)C(F)(F)C(F)(F)C(F)(F)C(F)(F)C(F)(F)C(F)(F)Cl)cc1. The third kappa shape index (κ3) is 4.36. The van der Waals surface area contributed by atoms with Crippen LogP contribution in [0.2, 0.25) is 0 Å². The van der Waals surface area contributed by atoms with Crippen LogP contribution in [0, 0.1) is 0 Å². The number of rotatable bonds is 10. The summed E-state index contributed by atoms with van der Waals surface area (Å²) in [6.07, 6.45) is 0. The van der Waals surface area contributed by atoms with Crippen LogP contribution in [0.3, 0.4) is 0 Å². The normalized spacial score (nSPS) is 15.1.